The Morgan fingerprint density at radius 2 is 1.85 bits per heavy atom. The zero-order valence-electron chi connectivity index (χ0n) is 14.1. The monoisotopic (exact) mass is 372 g/mol. The molecule has 7 heteroatoms. The van der Waals surface area contributed by atoms with Crippen molar-refractivity contribution in [1.82, 2.24) is 5.32 Å². The van der Waals surface area contributed by atoms with E-state index >= 15 is 0 Å². The highest BCUT2D eigenvalue weighted by molar-refractivity contribution is 6.30. The molecule has 0 aliphatic carbocycles. The number of rotatable bonds is 7. The van der Waals surface area contributed by atoms with Crippen LogP contribution in [0.2, 0.25) is 5.02 Å². The number of benzene rings is 2. The third-order valence-corrected chi connectivity index (χ3v) is 3.72. The van der Waals surface area contributed by atoms with Gasteiger partial charge in [0.25, 0.3) is 5.91 Å². The van der Waals surface area contributed by atoms with Crippen LogP contribution in [0.4, 0.5) is 0 Å². The zero-order valence-corrected chi connectivity index (χ0v) is 14.8. The van der Waals surface area contributed by atoms with E-state index in [1.165, 1.54) is 0 Å². The summed E-state index contributed by atoms with van der Waals surface area (Å²) in [4.78, 5) is 23.6. The number of para-hydroxylation sites is 1. The van der Waals surface area contributed by atoms with Gasteiger partial charge in [-0.05, 0) is 36.8 Å². The number of ether oxygens (including phenoxy) is 2. The molecule has 0 aliphatic heterocycles. The molecular formula is C19H17ClN2O4. The summed E-state index contributed by atoms with van der Waals surface area (Å²) < 4.78 is 10.1. The fraction of sp³-hybridized carbons (Fsp3) is 0.211. The van der Waals surface area contributed by atoms with E-state index in [2.05, 4.69) is 5.32 Å². The van der Waals surface area contributed by atoms with Gasteiger partial charge >= 0.3 is 5.97 Å². The molecule has 0 fully saturated rings. The van der Waals surface area contributed by atoms with E-state index < -0.39 is 25.1 Å². The Kier molecular flexibility index (Phi) is 7.01. The number of hydrogen-bond acceptors (Lipinski definition) is 5. The summed E-state index contributed by atoms with van der Waals surface area (Å²) >= 11 is 5.83. The highest BCUT2D eigenvalue weighted by Crippen LogP contribution is 2.17. The number of carbonyl (C=O) groups is 2. The van der Waals surface area contributed by atoms with Crippen LogP contribution in [-0.4, -0.2) is 25.1 Å². The largest absolute Gasteiger partial charge is 0.481 e. The number of amides is 1. The Bertz CT molecular complexity index is 815. The molecule has 0 aromatic heterocycles. The lowest BCUT2D eigenvalue weighted by Crippen LogP contribution is -2.31. The molecule has 6 nitrogen and oxygen atoms in total. The lowest BCUT2D eigenvalue weighted by Gasteiger charge is -2.14. The first-order valence-corrected chi connectivity index (χ1v) is 8.19. The van der Waals surface area contributed by atoms with Crippen LogP contribution in [0.5, 0.6) is 5.75 Å². The van der Waals surface area contributed by atoms with Gasteiger partial charge in [-0.15, -0.1) is 0 Å². The predicted molar refractivity (Wildman–Crippen MR) is 95.6 cm³/mol. The third-order valence-electron chi connectivity index (χ3n) is 3.46. The van der Waals surface area contributed by atoms with Crippen LogP contribution in [0, 0.1) is 11.3 Å². The maximum Gasteiger partial charge on any atom is 0.344 e. The highest BCUT2D eigenvalue weighted by atomic mass is 35.5. The average molecular weight is 373 g/mol. The standard InChI is InChI=1S/C19H17ClN2O4/c1-13(14-6-8-16(20)9-7-14)22-18(23)11-26-19(24)12-25-17-5-3-2-4-15(17)10-21/h2-9,13H,11-12H2,1H3,(H,22,23)/t13-/m0/s1. The minimum absolute atomic E-state index is 0.253. The molecule has 0 saturated heterocycles. The first-order valence-electron chi connectivity index (χ1n) is 7.82. The number of nitrogens with zero attached hydrogens (tertiary/aromatic N) is 1. The molecule has 2 aromatic rings. The number of esters is 1. The summed E-state index contributed by atoms with van der Waals surface area (Å²) in [6.45, 7) is 1.00. The Labute approximate surface area is 156 Å². The van der Waals surface area contributed by atoms with Crippen molar-refractivity contribution in [2.75, 3.05) is 13.2 Å². The molecule has 2 aromatic carbocycles. The third kappa shape index (κ3) is 5.80. The summed E-state index contributed by atoms with van der Waals surface area (Å²) in [5.41, 5.74) is 1.19. The molecule has 0 unspecified atom stereocenters. The Balaban J connectivity index is 1.75. The molecule has 0 aliphatic rings. The molecule has 1 atom stereocenters. The van der Waals surface area contributed by atoms with E-state index in [-0.39, 0.29) is 11.8 Å². The second-order valence-electron chi connectivity index (χ2n) is 5.40. The molecule has 2 rings (SSSR count). The minimum Gasteiger partial charge on any atom is -0.481 e. The van der Waals surface area contributed by atoms with E-state index in [0.717, 1.165) is 5.56 Å². The van der Waals surface area contributed by atoms with Crippen molar-refractivity contribution in [3.63, 3.8) is 0 Å². The molecule has 0 radical (unpaired) electrons. The van der Waals surface area contributed by atoms with Gasteiger partial charge in [-0.25, -0.2) is 4.79 Å². The average Bonchev–Trinajstić information content (AvgIpc) is 2.65. The van der Waals surface area contributed by atoms with Crippen molar-refractivity contribution in [3.8, 4) is 11.8 Å². The van der Waals surface area contributed by atoms with Crippen molar-refractivity contribution in [2.24, 2.45) is 0 Å². The van der Waals surface area contributed by atoms with Gasteiger partial charge in [-0.1, -0.05) is 35.9 Å². The molecule has 1 N–H and O–H groups in total. The van der Waals surface area contributed by atoms with Crippen molar-refractivity contribution in [2.45, 2.75) is 13.0 Å². The molecule has 134 valence electrons. The van der Waals surface area contributed by atoms with Gasteiger partial charge in [0.2, 0.25) is 0 Å². The fourth-order valence-electron chi connectivity index (χ4n) is 2.13. The van der Waals surface area contributed by atoms with Crippen molar-refractivity contribution in [3.05, 3.63) is 64.7 Å². The number of nitrogens with one attached hydrogen (secondary N) is 1. The van der Waals surface area contributed by atoms with Crippen LogP contribution < -0.4 is 10.1 Å². The van der Waals surface area contributed by atoms with Crippen LogP contribution >= 0.6 is 11.6 Å². The van der Waals surface area contributed by atoms with E-state index in [1.54, 1.807) is 48.5 Å². The predicted octanol–water partition coefficient (Wildman–Crippen LogP) is 3.01. The summed E-state index contributed by atoms with van der Waals surface area (Å²) in [5, 5.41) is 12.3. The second kappa shape index (κ2) is 9.44. The lowest BCUT2D eigenvalue weighted by atomic mass is 10.1. The topological polar surface area (TPSA) is 88.4 Å². The van der Waals surface area contributed by atoms with Gasteiger partial charge < -0.3 is 14.8 Å². The maximum atomic E-state index is 11.9. The van der Waals surface area contributed by atoms with Crippen molar-refractivity contribution >= 4 is 23.5 Å². The summed E-state index contributed by atoms with van der Waals surface area (Å²) in [5.74, 6) is -0.849. The molecule has 0 bridgehead atoms. The number of halogens is 1. The quantitative estimate of drug-likeness (QED) is 0.755. The molecule has 0 spiro atoms. The number of carbonyl (C=O) groups excluding carboxylic acids is 2. The molecule has 26 heavy (non-hydrogen) atoms. The summed E-state index contributed by atoms with van der Waals surface area (Å²) in [6, 6.07) is 15.3. The summed E-state index contributed by atoms with van der Waals surface area (Å²) in [7, 11) is 0. The van der Waals surface area contributed by atoms with Crippen LogP contribution in [0.1, 0.15) is 24.1 Å². The molecule has 1 amide bonds. The molecule has 0 saturated carbocycles. The van der Waals surface area contributed by atoms with Gasteiger partial charge in [-0.2, -0.15) is 5.26 Å². The SMILES string of the molecule is C[C@H](NC(=O)COC(=O)COc1ccccc1C#N)c1ccc(Cl)cc1. The number of nitriles is 1. The summed E-state index contributed by atoms with van der Waals surface area (Å²) in [6.07, 6.45) is 0. The maximum absolute atomic E-state index is 11.9. The Hall–Kier alpha value is -3.04. The fourth-order valence-corrected chi connectivity index (χ4v) is 2.25. The van der Waals surface area contributed by atoms with Gasteiger partial charge in [-0.3, -0.25) is 4.79 Å². The van der Waals surface area contributed by atoms with Crippen LogP contribution in [0.15, 0.2) is 48.5 Å². The number of hydrogen-bond donors (Lipinski definition) is 1. The van der Waals surface area contributed by atoms with Crippen molar-refractivity contribution in [1.29, 1.82) is 5.26 Å². The van der Waals surface area contributed by atoms with Gasteiger partial charge in [0.05, 0.1) is 11.6 Å². The zero-order chi connectivity index (χ0) is 18.9. The first-order chi connectivity index (χ1) is 12.5. The van der Waals surface area contributed by atoms with Gasteiger partial charge in [0.15, 0.2) is 13.2 Å². The lowest BCUT2D eigenvalue weighted by molar-refractivity contribution is -0.150. The smallest absolute Gasteiger partial charge is 0.344 e. The Morgan fingerprint density at radius 1 is 1.15 bits per heavy atom. The molecular weight excluding hydrogens is 356 g/mol. The normalized spacial score (nSPS) is 11.1. The second-order valence-corrected chi connectivity index (χ2v) is 5.83. The van der Waals surface area contributed by atoms with E-state index in [0.29, 0.717) is 10.6 Å². The molecule has 0 heterocycles. The van der Waals surface area contributed by atoms with Crippen LogP contribution in [-0.2, 0) is 14.3 Å². The minimum atomic E-state index is -0.702. The first kappa shape index (κ1) is 19.3. The highest BCUT2D eigenvalue weighted by Gasteiger charge is 2.13. The van der Waals surface area contributed by atoms with Crippen LogP contribution in [0.25, 0.3) is 0 Å². The van der Waals surface area contributed by atoms with E-state index in [4.69, 9.17) is 26.3 Å². The Morgan fingerprint density at radius 3 is 2.54 bits per heavy atom. The van der Waals surface area contributed by atoms with E-state index in [1.807, 2.05) is 13.0 Å². The van der Waals surface area contributed by atoms with Crippen LogP contribution in [0.3, 0.4) is 0 Å². The van der Waals surface area contributed by atoms with Gasteiger partial charge in [0.1, 0.15) is 11.8 Å². The van der Waals surface area contributed by atoms with E-state index in [9.17, 15) is 9.59 Å². The van der Waals surface area contributed by atoms with Gasteiger partial charge in [0, 0.05) is 5.02 Å². The van der Waals surface area contributed by atoms with Crippen molar-refractivity contribution < 1.29 is 19.1 Å².